The summed E-state index contributed by atoms with van der Waals surface area (Å²) in [7, 11) is 0. The predicted octanol–water partition coefficient (Wildman–Crippen LogP) is 1.96. The Labute approximate surface area is 50.5 Å². The van der Waals surface area contributed by atoms with Crippen LogP contribution < -0.4 is 0 Å². The summed E-state index contributed by atoms with van der Waals surface area (Å²) < 4.78 is 1.58. The Kier molecular flexibility index (Phi) is 6.57. The van der Waals surface area contributed by atoms with Crippen LogP contribution in [0.3, 0.4) is 0 Å². The van der Waals surface area contributed by atoms with E-state index in [-0.39, 0.29) is 21.1 Å². The Morgan fingerprint density at radius 2 is 2.17 bits per heavy atom. The van der Waals surface area contributed by atoms with Crippen LogP contribution in [0.25, 0.3) is 0 Å². The van der Waals surface area contributed by atoms with Crippen LogP contribution in [0.2, 0.25) is 9.38 Å². The molecule has 0 saturated heterocycles. The van der Waals surface area contributed by atoms with E-state index in [0.29, 0.717) is 0 Å². The molecule has 0 aromatic carbocycles. The molecular weight excluding hydrogens is 179 g/mol. The first-order valence-electron chi connectivity index (χ1n) is 2.56. The zero-order valence-corrected chi connectivity index (χ0v) is 7.48. The van der Waals surface area contributed by atoms with Gasteiger partial charge < -0.3 is 0 Å². The third-order valence-electron chi connectivity index (χ3n) is 0.780. The zero-order valence-electron chi connectivity index (χ0n) is 4.62. The molecule has 0 aliphatic rings. The fourth-order valence-electron chi connectivity index (χ4n) is 0.354. The molecule has 0 unspecified atom stereocenters. The van der Waals surface area contributed by atoms with E-state index >= 15 is 0 Å². The molecule has 36 valence electrons. The van der Waals surface area contributed by atoms with Gasteiger partial charge in [-0.2, -0.15) is 0 Å². The molecule has 0 spiro atoms. The fraction of sp³-hybridized carbons (Fsp3) is 1.00. The van der Waals surface area contributed by atoms with Crippen molar-refractivity contribution in [1.29, 1.82) is 0 Å². The van der Waals surface area contributed by atoms with Crippen LogP contribution in [0.5, 0.6) is 0 Å². The minimum atomic E-state index is 0.190. The van der Waals surface area contributed by atoms with Crippen molar-refractivity contribution >= 4 is 21.1 Å². The van der Waals surface area contributed by atoms with Gasteiger partial charge in [0, 0.05) is 0 Å². The summed E-state index contributed by atoms with van der Waals surface area (Å²) in [5.74, 6) is 0. The maximum atomic E-state index is 2.40. The minimum absolute atomic E-state index is 0.190. The van der Waals surface area contributed by atoms with Gasteiger partial charge in [0.05, 0.1) is 0 Å². The van der Waals surface area contributed by atoms with E-state index in [2.05, 4.69) is 11.9 Å². The second-order valence-corrected chi connectivity index (χ2v) is 4.90. The average molecular weight is 191 g/mol. The molecule has 0 N–H and O–H groups in total. The standard InChI is InChI=1S/C4H9.CH3.Sn/c1-3-4-2;;/h1,3-4H2,2H3;1H3;. The zero-order chi connectivity index (χ0) is 4.83. The Bertz CT molecular complexity index is 15.9. The first-order valence-corrected chi connectivity index (χ1v) is 7.43. The quantitative estimate of drug-likeness (QED) is 0.472. The molecule has 0 fully saturated rings. The molecule has 0 nitrogen and oxygen atoms in total. The Morgan fingerprint density at radius 3 is 2.33 bits per heavy atom. The van der Waals surface area contributed by atoms with Crippen LogP contribution in [0.4, 0.5) is 0 Å². The monoisotopic (exact) mass is 192 g/mol. The van der Waals surface area contributed by atoms with Crippen molar-refractivity contribution in [1.82, 2.24) is 0 Å². The van der Waals surface area contributed by atoms with Gasteiger partial charge in [0.15, 0.2) is 0 Å². The van der Waals surface area contributed by atoms with Gasteiger partial charge in [-0.15, -0.1) is 0 Å². The molecule has 0 heterocycles. The van der Waals surface area contributed by atoms with E-state index in [1.165, 1.54) is 12.8 Å². The van der Waals surface area contributed by atoms with Crippen LogP contribution in [0, 0.1) is 0 Å². The van der Waals surface area contributed by atoms with Crippen LogP contribution in [-0.4, -0.2) is 21.1 Å². The second kappa shape index (κ2) is 5.80. The molecule has 0 bridgehead atoms. The molecule has 0 aliphatic carbocycles. The normalized spacial score (nSPS) is 9.00. The molecule has 0 saturated carbocycles. The summed E-state index contributed by atoms with van der Waals surface area (Å²) in [5, 5.41) is 0. The van der Waals surface area contributed by atoms with Crippen LogP contribution >= 0.6 is 0 Å². The molecule has 0 amide bonds. The second-order valence-electron chi connectivity index (χ2n) is 1.46. The SMILES string of the molecule is CCC[CH2][Sn][CH3]. The number of hydrogen-bond acceptors (Lipinski definition) is 0. The third-order valence-corrected chi connectivity index (χ3v) is 3.22. The van der Waals surface area contributed by atoms with E-state index in [1.54, 1.807) is 4.44 Å². The van der Waals surface area contributed by atoms with E-state index in [9.17, 15) is 0 Å². The van der Waals surface area contributed by atoms with E-state index in [1.807, 2.05) is 0 Å². The summed E-state index contributed by atoms with van der Waals surface area (Å²) in [5.41, 5.74) is 0. The molecule has 6 heavy (non-hydrogen) atoms. The third kappa shape index (κ3) is 4.80. The van der Waals surface area contributed by atoms with Gasteiger partial charge in [-0.3, -0.25) is 0 Å². The van der Waals surface area contributed by atoms with Crippen molar-refractivity contribution in [3.63, 3.8) is 0 Å². The van der Waals surface area contributed by atoms with Crippen molar-refractivity contribution in [2.45, 2.75) is 29.1 Å². The Hall–Kier alpha value is 0.799. The summed E-state index contributed by atoms with van der Waals surface area (Å²) in [6, 6.07) is 0. The van der Waals surface area contributed by atoms with Gasteiger partial charge in [-0.1, -0.05) is 0 Å². The van der Waals surface area contributed by atoms with Crippen molar-refractivity contribution in [2.75, 3.05) is 0 Å². The Morgan fingerprint density at radius 1 is 1.50 bits per heavy atom. The number of rotatable bonds is 3. The first kappa shape index (κ1) is 6.80. The molecule has 0 aromatic heterocycles. The van der Waals surface area contributed by atoms with Gasteiger partial charge in [0.1, 0.15) is 0 Å². The van der Waals surface area contributed by atoms with Gasteiger partial charge in [0.2, 0.25) is 0 Å². The first-order chi connectivity index (χ1) is 2.91. The topological polar surface area (TPSA) is 0 Å². The summed E-state index contributed by atoms with van der Waals surface area (Å²) in [6.07, 6.45) is 2.89. The average Bonchev–Trinajstić information content (AvgIpc) is 1.61. The van der Waals surface area contributed by atoms with Crippen molar-refractivity contribution in [2.24, 2.45) is 0 Å². The number of unbranched alkanes of at least 4 members (excludes halogenated alkanes) is 1. The van der Waals surface area contributed by atoms with Crippen LogP contribution in [-0.2, 0) is 0 Å². The molecule has 0 aromatic rings. The van der Waals surface area contributed by atoms with Gasteiger partial charge in [-0.25, -0.2) is 0 Å². The number of hydrogen-bond donors (Lipinski definition) is 0. The van der Waals surface area contributed by atoms with E-state index < -0.39 is 0 Å². The van der Waals surface area contributed by atoms with Gasteiger partial charge >= 0.3 is 50.3 Å². The van der Waals surface area contributed by atoms with Crippen molar-refractivity contribution in [3.05, 3.63) is 0 Å². The van der Waals surface area contributed by atoms with Crippen LogP contribution in [0.15, 0.2) is 0 Å². The van der Waals surface area contributed by atoms with E-state index in [4.69, 9.17) is 0 Å². The van der Waals surface area contributed by atoms with Gasteiger partial charge in [0.25, 0.3) is 0 Å². The summed E-state index contributed by atoms with van der Waals surface area (Å²) in [4.78, 5) is 2.40. The van der Waals surface area contributed by atoms with Gasteiger partial charge in [-0.05, 0) is 0 Å². The van der Waals surface area contributed by atoms with Crippen molar-refractivity contribution < 1.29 is 0 Å². The Balaban J connectivity index is 2.34. The molecule has 0 aliphatic heterocycles. The maximum absolute atomic E-state index is 2.40. The summed E-state index contributed by atoms with van der Waals surface area (Å²) >= 11 is 0.190. The fourth-order valence-corrected chi connectivity index (χ4v) is 2.37. The predicted molar refractivity (Wildman–Crippen MR) is 31.3 cm³/mol. The molecular formula is C5H12Sn. The van der Waals surface area contributed by atoms with E-state index in [0.717, 1.165) is 0 Å². The molecule has 2 radical (unpaired) electrons. The molecule has 0 atom stereocenters. The summed E-state index contributed by atoms with van der Waals surface area (Å²) in [6.45, 7) is 2.26. The van der Waals surface area contributed by atoms with Crippen molar-refractivity contribution in [3.8, 4) is 0 Å². The molecule has 0 rings (SSSR count). The molecule has 1 heteroatoms. The van der Waals surface area contributed by atoms with Crippen LogP contribution in [0.1, 0.15) is 19.8 Å².